The Kier molecular flexibility index (Phi) is 13.0. The number of nitrogens with zero attached hydrogens (tertiary/aromatic N) is 2. The molecule has 146 valence electrons. The summed E-state index contributed by atoms with van der Waals surface area (Å²) in [4.78, 5) is 8.93. The second kappa shape index (κ2) is 14.8. The molecule has 2 rings (SSSR count). The number of rotatable bonds is 10. The maximum atomic E-state index is 4.67. The first-order valence-electron chi connectivity index (χ1n) is 9.73. The molecule has 26 heavy (non-hydrogen) atoms. The van der Waals surface area contributed by atoms with Crippen molar-refractivity contribution in [1.82, 2.24) is 15.6 Å². The molecule has 0 amide bonds. The van der Waals surface area contributed by atoms with Crippen molar-refractivity contribution in [3.63, 3.8) is 0 Å². The average molecular weight is 471 g/mol. The van der Waals surface area contributed by atoms with E-state index in [1.807, 2.05) is 24.4 Å². The maximum absolute atomic E-state index is 4.67. The van der Waals surface area contributed by atoms with Crippen LogP contribution >= 0.6 is 24.0 Å². The Hall–Kier alpha value is -1.31. The molecular weight excluding hydrogens is 437 g/mol. The van der Waals surface area contributed by atoms with Gasteiger partial charge in [0.2, 0.25) is 0 Å². The summed E-state index contributed by atoms with van der Waals surface area (Å²) in [7, 11) is 0. The van der Waals surface area contributed by atoms with Gasteiger partial charge in [0.1, 0.15) is 5.82 Å². The zero-order valence-corrected chi connectivity index (χ0v) is 18.3. The summed E-state index contributed by atoms with van der Waals surface area (Å²) in [6, 6.07) is 5.92. The van der Waals surface area contributed by atoms with Crippen molar-refractivity contribution in [2.75, 3.05) is 31.5 Å². The summed E-state index contributed by atoms with van der Waals surface area (Å²) in [6.07, 6.45) is 12.8. The highest BCUT2D eigenvalue weighted by atomic mass is 127. The van der Waals surface area contributed by atoms with Crippen LogP contribution in [0.2, 0.25) is 0 Å². The van der Waals surface area contributed by atoms with E-state index in [1.54, 1.807) is 5.57 Å². The number of unbranched alkanes of at least 4 members (excludes halogenated alkanes) is 1. The number of anilines is 1. The van der Waals surface area contributed by atoms with Crippen LogP contribution in [0.15, 0.2) is 41.0 Å². The third kappa shape index (κ3) is 9.99. The van der Waals surface area contributed by atoms with Crippen molar-refractivity contribution in [2.45, 2.75) is 51.9 Å². The van der Waals surface area contributed by atoms with E-state index in [-0.39, 0.29) is 24.0 Å². The Morgan fingerprint density at radius 3 is 2.81 bits per heavy atom. The van der Waals surface area contributed by atoms with E-state index in [4.69, 9.17) is 0 Å². The number of hydrogen-bond acceptors (Lipinski definition) is 3. The molecule has 0 bridgehead atoms. The molecule has 1 aromatic rings. The molecule has 0 atom stereocenters. The van der Waals surface area contributed by atoms with Gasteiger partial charge in [-0.2, -0.15) is 0 Å². The summed E-state index contributed by atoms with van der Waals surface area (Å²) in [5.74, 6) is 1.88. The van der Waals surface area contributed by atoms with Gasteiger partial charge in [0.05, 0.1) is 0 Å². The Balaban J connectivity index is 0.00000338. The SMILES string of the molecule is CCNC(=NCCCCNc1ccccn1)NCCC1=CCCCC1.I. The van der Waals surface area contributed by atoms with Gasteiger partial charge < -0.3 is 16.0 Å². The van der Waals surface area contributed by atoms with Gasteiger partial charge in [0.25, 0.3) is 0 Å². The highest BCUT2D eigenvalue weighted by Gasteiger charge is 2.04. The lowest BCUT2D eigenvalue weighted by atomic mass is 9.97. The van der Waals surface area contributed by atoms with Crippen LogP contribution in [0.5, 0.6) is 0 Å². The first-order chi connectivity index (χ1) is 12.4. The first-order valence-corrected chi connectivity index (χ1v) is 9.73. The van der Waals surface area contributed by atoms with Gasteiger partial charge in [-0.15, -0.1) is 24.0 Å². The average Bonchev–Trinajstić information content (AvgIpc) is 2.66. The fraction of sp³-hybridized carbons (Fsp3) is 0.600. The number of allylic oxidation sites excluding steroid dienone is 1. The van der Waals surface area contributed by atoms with E-state index < -0.39 is 0 Å². The third-order valence-corrected chi connectivity index (χ3v) is 4.29. The van der Waals surface area contributed by atoms with Crippen LogP contribution in [-0.2, 0) is 0 Å². The quantitative estimate of drug-likeness (QED) is 0.156. The summed E-state index contributed by atoms with van der Waals surface area (Å²) >= 11 is 0. The molecule has 0 saturated heterocycles. The second-order valence-corrected chi connectivity index (χ2v) is 6.39. The van der Waals surface area contributed by atoms with Crippen molar-refractivity contribution < 1.29 is 0 Å². The van der Waals surface area contributed by atoms with Gasteiger partial charge in [-0.25, -0.2) is 4.98 Å². The standard InChI is InChI=1S/C20H33N5.HI/c1-2-21-20(25-17-13-18-10-4-3-5-11-18)24-16-9-8-15-23-19-12-6-7-14-22-19;/h6-7,10,12,14H,2-5,8-9,11,13,15-17H2,1H3,(H,22,23)(H2,21,24,25);1H. The highest BCUT2D eigenvalue weighted by molar-refractivity contribution is 14.0. The van der Waals surface area contributed by atoms with Gasteiger partial charge in [-0.05, 0) is 64.0 Å². The van der Waals surface area contributed by atoms with Crippen molar-refractivity contribution in [3.8, 4) is 0 Å². The molecule has 0 fully saturated rings. The van der Waals surface area contributed by atoms with E-state index in [9.17, 15) is 0 Å². The number of aliphatic imine (C=N–C) groups is 1. The molecule has 3 N–H and O–H groups in total. The van der Waals surface area contributed by atoms with E-state index >= 15 is 0 Å². The molecule has 1 aliphatic carbocycles. The lowest BCUT2D eigenvalue weighted by Crippen LogP contribution is -2.38. The number of hydrogen-bond donors (Lipinski definition) is 3. The minimum absolute atomic E-state index is 0. The van der Waals surface area contributed by atoms with E-state index in [2.05, 4.69) is 38.9 Å². The first kappa shape index (κ1) is 22.7. The van der Waals surface area contributed by atoms with Crippen LogP contribution in [0.4, 0.5) is 5.82 Å². The third-order valence-electron chi connectivity index (χ3n) is 4.29. The normalized spacial score (nSPS) is 14.2. The fourth-order valence-electron chi connectivity index (χ4n) is 2.93. The summed E-state index contributed by atoms with van der Waals surface area (Å²) < 4.78 is 0. The monoisotopic (exact) mass is 471 g/mol. The van der Waals surface area contributed by atoms with Crippen molar-refractivity contribution in [1.29, 1.82) is 0 Å². The topological polar surface area (TPSA) is 61.3 Å². The molecule has 1 aromatic heterocycles. The van der Waals surface area contributed by atoms with Gasteiger partial charge in [-0.3, -0.25) is 4.99 Å². The maximum Gasteiger partial charge on any atom is 0.191 e. The number of guanidine groups is 1. The Bertz CT molecular complexity index is 530. The minimum atomic E-state index is 0. The largest absolute Gasteiger partial charge is 0.370 e. The fourth-order valence-corrected chi connectivity index (χ4v) is 2.93. The summed E-state index contributed by atoms with van der Waals surface area (Å²) in [5, 5.41) is 10.1. The van der Waals surface area contributed by atoms with Gasteiger partial charge in [0, 0.05) is 32.4 Å². The van der Waals surface area contributed by atoms with Crippen LogP contribution in [0.3, 0.4) is 0 Å². The van der Waals surface area contributed by atoms with Crippen LogP contribution in [-0.4, -0.2) is 37.1 Å². The predicted molar refractivity (Wildman–Crippen MR) is 123 cm³/mol. The molecule has 6 heteroatoms. The van der Waals surface area contributed by atoms with Gasteiger partial charge in [-0.1, -0.05) is 17.7 Å². The highest BCUT2D eigenvalue weighted by Crippen LogP contribution is 2.19. The summed E-state index contributed by atoms with van der Waals surface area (Å²) in [5.41, 5.74) is 1.61. The predicted octanol–water partition coefficient (Wildman–Crippen LogP) is 4.34. The van der Waals surface area contributed by atoms with Crippen LogP contribution in [0.25, 0.3) is 0 Å². The zero-order valence-electron chi connectivity index (χ0n) is 16.0. The molecule has 1 heterocycles. The van der Waals surface area contributed by atoms with E-state index in [0.717, 1.165) is 57.2 Å². The smallest absolute Gasteiger partial charge is 0.191 e. The van der Waals surface area contributed by atoms with Crippen LogP contribution < -0.4 is 16.0 Å². The molecule has 0 aromatic carbocycles. The second-order valence-electron chi connectivity index (χ2n) is 6.39. The Labute approximate surface area is 175 Å². The van der Waals surface area contributed by atoms with E-state index in [1.165, 1.54) is 25.7 Å². The summed E-state index contributed by atoms with van der Waals surface area (Å²) in [6.45, 7) is 5.76. The number of halogens is 1. The van der Waals surface area contributed by atoms with Crippen LogP contribution in [0, 0.1) is 0 Å². The molecule has 1 aliphatic rings. The molecular formula is C20H34IN5. The lowest BCUT2D eigenvalue weighted by molar-refractivity contribution is 0.665. The van der Waals surface area contributed by atoms with Crippen molar-refractivity contribution >= 4 is 35.8 Å². The molecule has 0 unspecified atom stereocenters. The van der Waals surface area contributed by atoms with Crippen molar-refractivity contribution in [2.24, 2.45) is 4.99 Å². The Morgan fingerprint density at radius 2 is 2.08 bits per heavy atom. The molecule has 0 spiro atoms. The minimum Gasteiger partial charge on any atom is -0.370 e. The van der Waals surface area contributed by atoms with Crippen LogP contribution in [0.1, 0.15) is 51.9 Å². The molecule has 0 aliphatic heterocycles. The zero-order chi connectivity index (χ0) is 17.6. The van der Waals surface area contributed by atoms with Gasteiger partial charge >= 0.3 is 0 Å². The number of aromatic nitrogens is 1. The number of nitrogens with one attached hydrogen (secondary N) is 3. The lowest BCUT2D eigenvalue weighted by Gasteiger charge is -2.15. The number of pyridine rings is 1. The molecule has 5 nitrogen and oxygen atoms in total. The molecule has 0 saturated carbocycles. The van der Waals surface area contributed by atoms with E-state index in [0.29, 0.717) is 0 Å². The van der Waals surface area contributed by atoms with Crippen molar-refractivity contribution in [3.05, 3.63) is 36.0 Å². The molecule has 0 radical (unpaired) electrons. The Morgan fingerprint density at radius 1 is 1.15 bits per heavy atom. The van der Waals surface area contributed by atoms with Gasteiger partial charge in [0.15, 0.2) is 5.96 Å².